The van der Waals surface area contributed by atoms with E-state index in [-0.39, 0.29) is 6.10 Å². The molecule has 1 aromatic carbocycles. The highest BCUT2D eigenvalue weighted by Gasteiger charge is 2.12. The van der Waals surface area contributed by atoms with Crippen molar-refractivity contribution in [2.45, 2.75) is 26.9 Å². The van der Waals surface area contributed by atoms with E-state index in [2.05, 4.69) is 20.3 Å². The van der Waals surface area contributed by atoms with Gasteiger partial charge >= 0.3 is 0 Å². The van der Waals surface area contributed by atoms with E-state index in [0.717, 1.165) is 22.3 Å². The Balaban J connectivity index is 2.00. The third kappa shape index (κ3) is 3.15. The number of pyridine rings is 1. The van der Waals surface area contributed by atoms with E-state index < -0.39 is 0 Å². The Morgan fingerprint density at radius 3 is 2.74 bits per heavy atom. The van der Waals surface area contributed by atoms with Crippen molar-refractivity contribution in [1.82, 2.24) is 15.0 Å². The maximum absolute atomic E-state index is 6.12. The minimum Gasteiger partial charge on any atom is -0.473 e. The van der Waals surface area contributed by atoms with Gasteiger partial charge in [0.1, 0.15) is 12.0 Å². The topological polar surface area (TPSA) is 86.0 Å². The SMILES string of the molecule is Cc1ccc2c(Nc3ncnc(OC(C)C)c3N)cccc2n1. The zero-order valence-electron chi connectivity index (χ0n) is 13.4. The van der Waals surface area contributed by atoms with Gasteiger partial charge in [0.25, 0.3) is 0 Å². The molecule has 0 radical (unpaired) electrons. The average Bonchev–Trinajstić information content (AvgIpc) is 2.50. The third-order valence-corrected chi connectivity index (χ3v) is 3.32. The van der Waals surface area contributed by atoms with Crippen molar-refractivity contribution in [2.24, 2.45) is 0 Å². The molecule has 0 aliphatic carbocycles. The normalized spacial score (nSPS) is 11.0. The van der Waals surface area contributed by atoms with Crippen LogP contribution in [0.4, 0.5) is 17.2 Å². The van der Waals surface area contributed by atoms with E-state index in [9.17, 15) is 0 Å². The summed E-state index contributed by atoms with van der Waals surface area (Å²) in [5.74, 6) is 0.899. The highest BCUT2D eigenvalue weighted by molar-refractivity contribution is 5.93. The van der Waals surface area contributed by atoms with Gasteiger partial charge in [-0.2, -0.15) is 4.98 Å². The largest absolute Gasteiger partial charge is 0.473 e. The maximum atomic E-state index is 6.12. The van der Waals surface area contributed by atoms with Crippen molar-refractivity contribution in [3.05, 3.63) is 42.4 Å². The van der Waals surface area contributed by atoms with Crippen molar-refractivity contribution in [1.29, 1.82) is 0 Å². The lowest BCUT2D eigenvalue weighted by Crippen LogP contribution is -2.11. The molecule has 2 aromatic heterocycles. The Morgan fingerprint density at radius 1 is 1.13 bits per heavy atom. The van der Waals surface area contributed by atoms with Gasteiger partial charge in [0.15, 0.2) is 5.82 Å². The minimum absolute atomic E-state index is 0.00946. The summed E-state index contributed by atoms with van der Waals surface area (Å²) >= 11 is 0. The molecule has 3 N–H and O–H groups in total. The molecule has 6 heteroatoms. The summed E-state index contributed by atoms with van der Waals surface area (Å²) in [6.45, 7) is 5.82. The van der Waals surface area contributed by atoms with Crippen molar-refractivity contribution in [3.8, 4) is 5.88 Å². The molecule has 0 bridgehead atoms. The molecule has 0 saturated heterocycles. The maximum Gasteiger partial charge on any atom is 0.242 e. The van der Waals surface area contributed by atoms with Crippen LogP contribution in [0.25, 0.3) is 10.9 Å². The number of nitrogens with zero attached hydrogens (tertiary/aromatic N) is 3. The van der Waals surface area contributed by atoms with Gasteiger partial charge in [-0.25, -0.2) is 4.98 Å². The lowest BCUT2D eigenvalue weighted by Gasteiger charge is -2.14. The summed E-state index contributed by atoms with van der Waals surface area (Å²) in [6.07, 6.45) is 1.42. The summed E-state index contributed by atoms with van der Waals surface area (Å²) in [7, 11) is 0. The molecule has 0 amide bonds. The standard InChI is InChI=1S/C17H19N5O/c1-10(2)23-17-15(18)16(19-9-20-17)22-14-6-4-5-13-12(14)8-7-11(3)21-13/h4-10H,18H2,1-3H3,(H,19,20,22). The lowest BCUT2D eigenvalue weighted by atomic mass is 10.1. The first kappa shape index (κ1) is 15.0. The first-order valence-electron chi connectivity index (χ1n) is 7.45. The minimum atomic E-state index is -0.00946. The van der Waals surface area contributed by atoms with E-state index >= 15 is 0 Å². The quantitative estimate of drug-likeness (QED) is 0.767. The fraction of sp³-hybridized carbons (Fsp3) is 0.235. The Hall–Kier alpha value is -2.89. The smallest absolute Gasteiger partial charge is 0.242 e. The van der Waals surface area contributed by atoms with Crippen LogP contribution in [0.15, 0.2) is 36.7 Å². The van der Waals surface area contributed by atoms with Crippen LogP contribution in [0.3, 0.4) is 0 Å². The van der Waals surface area contributed by atoms with Crippen LogP contribution in [0.5, 0.6) is 5.88 Å². The lowest BCUT2D eigenvalue weighted by molar-refractivity contribution is 0.234. The zero-order valence-corrected chi connectivity index (χ0v) is 13.4. The monoisotopic (exact) mass is 309 g/mol. The van der Waals surface area contributed by atoms with E-state index in [1.807, 2.05) is 51.1 Å². The molecule has 0 aliphatic heterocycles. The van der Waals surface area contributed by atoms with Crippen LogP contribution in [0, 0.1) is 6.92 Å². The molecular formula is C17H19N5O. The van der Waals surface area contributed by atoms with Gasteiger partial charge in [-0.15, -0.1) is 0 Å². The van der Waals surface area contributed by atoms with E-state index in [1.54, 1.807) is 0 Å². The summed E-state index contributed by atoms with van der Waals surface area (Å²) in [4.78, 5) is 12.8. The second-order valence-electron chi connectivity index (χ2n) is 5.56. The van der Waals surface area contributed by atoms with Crippen LogP contribution >= 0.6 is 0 Å². The van der Waals surface area contributed by atoms with E-state index in [4.69, 9.17) is 10.5 Å². The first-order valence-corrected chi connectivity index (χ1v) is 7.45. The molecule has 0 saturated carbocycles. The number of fused-ring (bicyclic) bond motifs is 1. The number of nitrogen functional groups attached to an aromatic ring is 1. The van der Waals surface area contributed by atoms with Gasteiger partial charge in [0.05, 0.1) is 11.6 Å². The van der Waals surface area contributed by atoms with E-state index in [1.165, 1.54) is 6.33 Å². The molecule has 0 unspecified atom stereocenters. The molecular weight excluding hydrogens is 290 g/mol. The highest BCUT2D eigenvalue weighted by atomic mass is 16.5. The van der Waals surface area contributed by atoms with Gasteiger partial charge in [-0.05, 0) is 45.0 Å². The number of anilines is 3. The predicted molar refractivity (Wildman–Crippen MR) is 92.0 cm³/mol. The van der Waals surface area contributed by atoms with E-state index in [0.29, 0.717) is 17.4 Å². The number of nitrogens with two attached hydrogens (primary N) is 1. The second kappa shape index (κ2) is 6.08. The Labute approximate surface area is 134 Å². The molecule has 6 nitrogen and oxygen atoms in total. The first-order chi connectivity index (χ1) is 11.0. The van der Waals surface area contributed by atoms with Crippen LogP contribution in [0.1, 0.15) is 19.5 Å². The summed E-state index contributed by atoms with van der Waals surface area (Å²) in [5, 5.41) is 4.25. The van der Waals surface area contributed by atoms with Crippen LogP contribution in [0.2, 0.25) is 0 Å². The molecule has 0 atom stereocenters. The third-order valence-electron chi connectivity index (χ3n) is 3.32. The number of rotatable bonds is 4. The second-order valence-corrected chi connectivity index (χ2v) is 5.56. The molecule has 0 fully saturated rings. The number of aryl methyl sites for hydroxylation is 1. The predicted octanol–water partition coefficient (Wildman–Crippen LogP) is 3.45. The van der Waals surface area contributed by atoms with Crippen molar-refractivity contribution >= 4 is 28.1 Å². The average molecular weight is 309 g/mol. The van der Waals surface area contributed by atoms with Gasteiger partial charge in [0.2, 0.25) is 5.88 Å². The Kier molecular flexibility index (Phi) is 3.97. The zero-order chi connectivity index (χ0) is 16.4. The Bertz CT molecular complexity index is 848. The number of hydrogen-bond donors (Lipinski definition) is 2. The molecule has 0 aliphatic rings. The fourth-order valence-corrected chi connectivity index (χ4v) is 2.29. The van der Waals surface area contributed by atoms with Crippen LogP contribution < -0.4 is 15.8 Å². The number of hydrogen-bond acceptors (Lipinski definition) is 6. The molecule has 0 spiro atoms. The molecule has 23 heavy (non-hydrogen) atoms. The van der Waals surface area contributed by atoms with Crippen molar-refractivity contribution in [3.63, 3.8) is 0 Å². The van der Waals surface area contributed by atoms with Gasteiger partial charge in [-0.1, -0.05) is 6.07 Å². The Morgan fingerprint density at radius 2 is 1.96 bits per heavy atom. The molecule has 118 valence electrons. The number of nitrogens with one attached hydrogen (secondary N) is 1. The number of ether oxygens (including phenoxy) is 1. The number of benzene rings is 1. The number of aromatic nitrogens is 3. The molecule has 2 heterocycles. The highest BCUT2D eigenvalue weighted by Crippen LogP contribution is 2.31. The fourth-order valence-electron chi connectivity index (χ4n) is 2.29. The van der Waals surface area contributed by atoms with Crippen LogP contribution in [-0.2, 0) is 0 Å². The van der Waals surface area contributed by atoms with Crippen molar-refractivity contribution < 1.29 is 4.74 Å². The van der Waals surface area contributed by atoms with Gasteiger partial charge in [0, 0.05) is 16.8 Å². The molecule has 3 aromatic rings. The summed E-state index contributed by atoms with van der Waals surface area (Å²) in [5.41, 5.74) is 9.29. The van der Waals surface area contributed by atoms with Gasteiger partial charge in [-0.3, -0.25) is 4.98 Å². The molecule has 3 rings (SSSR count). The van der Waals surface area contributed by atoms with Crippen LogP contribution in [-0.4, -0.2) is 21.1 Å². The summed E-state index contributed by atoms with van der Waals surface area (Å²) in [6, 6.07) is 9.89. The van der Waals surface area contributed by atoms with Crippen molar-refractivity contribution in [2.75, 3.05) is 11.1 Å². The summed E-state index contributed by atoms with van der Waals surface area (Å²) < 4.78 is 5.60. The van der Waals surface area contributed by atoms with Gasteiger partial charge < -0.3 is 15.8 Å².